The molecule has 0 aromatic carbocycles. The smallest absolute Gasteiger partial charge is 0.154 e. The molecule has 0 aromatic rings. The van der Waals surface area contributed by atoms with Crippen LogP contribution in [0.15, 0.2) is 0 Å². The molecule has 0 aliphatic carbocycles. The molecule has 0 saturated carbocycles. The molecule has 0 aliphatic rings. The maximum Gasteiger partial charge on any atom is 0.154 e. The van der Waals surface area contributed by atoms with Gasteiger partial charge in [0.25, 0.3) is 0 Å². The molecule has 0 radical (unpaired) electrons. The Morgan fingerprint density at radius 2 is 1.80 bits per heavy atom. The largest absolute Gasteiger partial charge is 0.391 e. The fraction of sp³-hybridized carbons (Fsp3) is 1.00. The highest BCUT2D eigenvalue weighted by atomic mass is 16.6. The summed E-state index contributed by atoms with van der Waals surface area (Å²) in [7, 11) is 0. The van der Waals surface area contributed by atoms with Crippen LogP contribution < -0.4 is 0 Å². The minimum atomic E-state index is -0.746. The Balaban J connectivity index is 3.46. The van der Waals surface area contributed by atoms with Crippen LogP contribution in [0.1, 0.15) is 27.2 Å². The summed E-state index contributed by atoms with van der Waals surface area (Å²) in [5.41, 5.74) is 0. The molecular formula is C7H16O3. The number of aliphatic hydroxyl groups excluding tert-OH is 2. The van der Waals surface area contributed by atoms with Gasteiger partial charge in [0.2, 0.25) is 0 Å². The Kier molecular flexibility index (Phi) is 4.60. The maximum atomic E-state index is 8.94. The molecule has 62 valence electrons. The zero-order valence-corrected chi connectivity index (χ0v) is 6.74. The summed E-state index contributed by atoms with van der Waals surface area (Å²) in [5.74, 6) is 0. The lowest BCUT2D eigenvalue weighted by molar-refractivity contribution is -0.156. The van der Waals surface area contributed by atoms with Crippen molar-refractivity contribution < 1.29 is 14.9 Å². The van der Waals surface area contributed by atoms with E-state index < -0.39 is 12.4 Å². The fourth-order valence-electron chi connectivity index (χ4n) is 0.458. The number of hydrogen-bond donors (Lipinski definition) is 2. The Hall–Kier alpha value is -0.120. The topological polar surface area (TPSA) is 49.7 Å². The maximum absolute atomic E-state index is 8.94. The van der Waals surface area contributed by atoms with Gasteiger partial charge in [-0.15, -0.1) is 0 Å². The van der Waals surface area contributed by atoms with E-state index in [-0.39, 0.29) is 6.10 Å². The number of ether oxygens (including phenoxy) is 1. The van der Waals surface area contributed by atoms with Crippen molar-refractivity contribution in [2.24, 2.45) is 0 Å². The van der Waals surface area contributed by atoms with Crippen LogP contribution >= 0.6 is 0 Å². The predicted octanol–water partition coefficient (Wildman–Crippen LogP) is 0.501. The standard InChI is InChI=1S/C7H16O3/c1-4-7(9)10-6(3)5(2)8/h5-9H,4H2,1-3H3/t5-,6?,7-/m1/s1. The van der Waals surface area contributed by atoms with Crippen LogP contribution in [-0.2, 0) is 4.74 Å². The summed E-state index contributed by atoms with van der Waals surface area (Å²) in [6.45, 7) is 5.18. The van der Waals surface area contributed by atoms with Gasteiger partial charge in [-0.25, -0.2) is 0 Å². The van der Waals surface area contributed by atoms with Crippen molar-refractivity contribution in [3.05, 3.63) is 0 Å². The van der Waals surface area contributed by atoms with E-state index in [9.17, 15) is 0 Å². The summed E-state index contributed by atoms with van der Waals surface area (Å²) in [6.07, 6.45) is -1.02. The molecule has 3 heteroatoms. The second kappa shape index (κ2) is 4.66. The first-order valence-corrected chi connectivity index (χ1v) is 3.59. The fourth-order valence-corrected chi connectivity index (χ4v) is 0.458. The molecule has 0 aromatic heterocycles. The minimum Gasteiger partial charge on any atom is -0.391 e. The van der Waals surface area contributed by atoms with Crippen molar-refractivity contribution in [2.45, 2.75) is 45.7 Å². The van der Waals surface area contributed by atoms with Crippen molar-refractivity contribution in [2.75, 3.05) is 0 Å². The first kappa shape index (κ1) is 9.88. The number of aliphatic hydroxyl groups is 2. The van der Waals surface area contributed by atoms with E-state index in [0.29, 0.717) is 6.42 Å². The van der Waals surface area contributed by atoms with Crippen LogP contribution in [0.3, 0.4) is 0 Å². The molecule has 1 unspecified atom stereocenters. The van der Waals surface area contributed by atoms with E-state index in [1.165, 1.54) is 0 Å². The third kappa shape index (κ3) is 3.82. The van der Waals surface area contributed by atoms with E-state index in [0.717, 1.165) is 0 Å². The van der Waals surface area contributed by atoms with Gasteiger partial charge >= 0.3 is 0 Å². The SMILES string of the molecule is CC[C@H](O)OC(C)[C@@H](C)O. The summed E-state index contributed by atoms with van der Waals surface area (Å²) in [4.78, 5) is 0. The van der Waals surface area contributed by atoms with Crippen molar-refractivity contribution in [1.29, 1.82) is 0 Å². The lowest BCUT2D eigenvalue weighted by atomic mass is 10.2. The third-order valence-electron chi connectivity index (χ3n) is 1.40. The second-order valence-corrected chi connectivity index (χ2v) is 2.44. The average Bonchev–Trinajstić information content (AvgIpc) is 1.87. The van der Waals surface area contributed by atoms with Gasteiger partial charge in [0.05, 0.1) is 12.2 Å². The van der Waals surface area contributed by atoms with Gasteiger partial charge in [0.1, 0.15) is 0 Å². The summed E-state index contributed by atoms with van der Waals surface area (Å²) < 4.78 is 4.97. The molecule has 3 atom stereocenters. The Morgan fingerprint density at radius 3 is 2.10 bits per heavy atom. The lowest BCUT2D eigenvalue weighted by Gasteiger charge is -2.18. The Labute approximate surface area is 61.6 Å². The van der Waals surface area contributed by atoms with E-state index in [4.69, 9.17) is 14.9 Å². The van der Waals surface area contributed by atoms with Gasteiger partial charge in [-0.3, -0.25) is 0 Å². The van der Waals surface area contributed by atoms with E-state index >= 15 is 0 Å². The molecule has 2 N–H and O–H groups in total. The van der Waals surface area contributed by atoms with Crippen LogP contribution in [0.2, 0.25) is 0 Å². The molecule has 0 bridgehead atoms. The first-order valence-electron chi connectivity index (χ1n) is 3.59. The van der Waals surface area contributed by atoms with Gasteiger partial charge in [-0.2, -0.15) is 0 Å². The summed E-state index contributed by atoms with van der Waals surface area (Å²) >= 11 is 0. The number of rotatable bonds is 4. The van der Waals surface area contributed by atoms with Gasteiger partial charge in [0, 0.05) is 0 Å². The predicted molar refractivity (Wildman–Crippen MR) is 38.5 cm³/mol. The van der Waals surface area contributed by atoms with Crippen LogP contribution in [-0.4, -0.2) is 28.7 Å². The quantitative estimate of drug-likeness (QED) is 0.571. The van der Waals surface area contributed by atoms with Crippen molar-refractivity contribution in [1.82, 2.24) is 0 Å². The number of hydrogen-bond acceptors (Lipinski definition) is 3. The highest BCUT2D eigenvalue weighted by molar-refractivity contribution is 4.57. The zero-order valence-electron chi connectivity index (χ0n) is 6.74. The molecule has 0 aliphatic heterocycles. The van der Waals surface area contributed by atoms with Crippen LogP contribution in [0.25, 0.3) is 0 Å². The van der Waals surface area contributed by atoms with Crippen molar-refractivity contribution >= 4 is 0 Å². The van der Waals surface area contributed by atoms with E-state index in [1.54, 1.807) is 13.8 Å². The molecule has 0 saturated heterocycles. The Morgan fingerprint density at radius 1 is 1.30 bits per heavy atom. The average molecular weight is 148 g/mol. The zero-order chi connectivity index (χ0) is 8.15. The van der Waals surface area contributed by atoms with Gasteiger partial charge in [-0.05, 0) is 20.3 Å². The highest BCUT2D eigenvalue weighted by Crippen LogP contribution is 2.02. The normalized spacial score (nSPS) is 20.1. The highest BCUT2D eigenvalue weighted by Gasteiger charge is 2.12. The van der Waals surface area contributed by atoms with Crippen LogP contribution in [0, 0.1) is 0 Å². The van der Waals surface area contributed by atoms with Gasteiger partial charge < -0.3 is 14.9 Å². The lowest BCUT2D eigenvalue weighted by Crippen LogP contribution is -2.27. The van der Waals surface area contributed by atoms with Gasteiger partial charge in [-0.1, -0.05) is 6.92 Å². The molecule has 0 fully saturated rings. The molecule has 0 rings (SSSR count). The second-order valence-electron chi connectivity index (χ2n) is 2.44. The van der Waals surface area contributed by atoms with Crippen LogP contribution in [0.5, 0.6) is 0 Å². The van der Waals surface area contributed by atoms with E-state index in [1.807, 2.05) is 6.92 Å². The monoisotopic (exact) mass is 148 g/mol. The minimum absolute atomic E-state index is 0.296. The molecule has 3 nitrogen and oxygen atoms in total. The summed E-state index contributed by atoms with van der Waals surface area (Å²) in [5, 5.41) is 17.9. The molecule has 0 amide bonds. The Bertz CT molecular complexity index is 82.9. The van der Waals surface area contributed by atoms with Crippen LogP contribution in [0.4, 0.5) is 0 Å². The van der Waals surface area contributed by atoms with Crippen molar-refractivity contribution in [3.8, 4) is 0 Å². The third-order valence-corrected chi connectivity index (χ3v) is 1.40. The molecular weight excluding hydrogens is 132 g/mol. The molecule has 0 heterocycles. The molecule has 0 spiro atoms. The van der Waals surface area contributed by atoms with Crippen molar-refractivity contribution in [3.63, 3.8) is 0 Å². The first-order chi connectivity index (χ1) is 4.57. The summed E-state index contributed by atoms with van der Waals surface area (Å²) in [6, 6.07) is 0. The van der Waals surface area contributed by atoms with E-state index in [2.05, 4.69) is 0 Å². The van der Waals surface area contributed by atoms with Gasteiger partial charge in [0.15, 0.2) is 6.29 Å². The molecule has 10 heavy (non-hydrogen) atoms.